The lowest BCUT2D eigenvalue weighted by Crippen LogP contribution is -2.46. The van der Waals surface area contributed by atoms with Crippen LogP contribution in [0.3, 0.4) is 0 Å². The van der Waals surface area contributed by atoms with Crippen molar-refractivity contribution < 1.29 is 13.6 Å². The van der Waals surface area contributed by atoms with Crippen LogP contribution in [0.25, 0.3) is 0 Å². The van der Waals surface area contributed by atoms with E-state index >= 15 is 0 Å². The summed E-state index contributed by atoms with van der Waals surface area (Å²) < 4.78 is 26.9. The number of anilines is 1. The normalized spacial score (nSPS) is 23.7. The molecule has 0 spiro atoms. The molecule has 0 radical (unpaired) electrons. The monoisotopic (exact) mass is 254 g/mol. The number of carbonyl (C=O) groups excluding carboxylic acids is 1. The highest BCUT2D eigenvalue weighted by molar-refractivity contribution is 5.95. The summed E-state index contributed by atoms with van der Waals surface area (Å²) in [7, 11) is 0. The van der Waals surface area contributed by atoms with Crippen molar-refractivity contribution in [3.05, 3.63) is 29.8 Å². The summed E-state index contributed by atoms with van der Waals surface area (Å²) in [6, 6.07) is 3.52. The van der Waals surface area contributed by atoms with E-state index in [0.717, 1.165) is 25.1 Å². The molecule has 0 saturated carbocycles. The van der Waals surface area contributed by atoms with Crippen molar-refractivity contribution >= 4 is 11.6 Å². The molecule has 1 aromatic rings. The zero-order valence-electron chi connectivity index (χ0n) is 10.2. The highest BCUT2D eigenvalue weighted by Crippen LogP contribution is 2.28. The minimum Gasteiger partial charge on any atom is -0.321 e. The number of carbonyl (C=O) groups is 1. The number of halogens is 2. The molecule has 2 rings (SSSR count). The Labute approximate surface area is 105 Å². The summed E-state index contributed by atoms with van der Waals surface area (Å²) in [5.74, 6) is -1.86. The molecule has 3 nitrogen and oxygen atoms in total. The number of hydrogen-bond acceptors (Lipinski definition) is 2. The van der Waals surface area contributed by atoms with E-state index in [-0.39, 0.29) is 11.6 Å². The standard InChI is InChI=1S/C13H16F2N2O/c1-13(6-3-7-16-8-13)12(18)17-11-9(14)4-2-5-10(11)15/h2,4-5,16H,3,6-8H2,1H3,(H,17,18). The molecule has 0 aliphatic carbocycles. The van der Waals surface area contributed by atoms with Gasteiger partial charge < -0.3 is 10.6 Å². The van der Waals surface area contributed by atoms with Gasteiger partial charge in [0.1, 0.15) is 17.3 Å². The molecule has 0 bridgehead atoms. The van der Waals surface area contributed by atoms with Crippen LogP contribution in [0.2, 0.25) is 0 Å². The Morgan fingerprint density at radius 3 is 2.61 bits per heavy atom. The Hall–Kier alpha value is -1.49. The second-order valence-corrected chi connectivity index (χ2v) is 4.89. The van der Waals surface area contributed by atoms with Crippen LogP contribution in [0.1, 0.15) is 19.8 Å². The average molecular weight is 254 g/mol. The first-order valence-corrected chi connectivity index (χ1v) is 5.99. The van der Waals surface area contributed by atoms with Crippen LogP contribution in [0.5, 0.6) is 0 Å². The van der Waals surface area contributed by atoms with E-state index in [2.05, 4.69) is 10.6 Å². The maximum absolute atomic E-state index is 13.4. The van der Waals surface area contributed by atoms with Gasteiger partial charge in [-0.1, -0.05) is 6.07 Å². The predicted octanol–water partition coefficient (Wildman–Crippen LogP) is 2.29. The largest absolute Gasteiger partial charge is 0.321 e. The number of rotatable bonds is 2. The van der Waals surface area contributed by atoms with E-state index in [1.54, 1.807) is 6.92 Å². The van der Waals surface area contributed by atoms with Crippen molar-refractivity contribution in [3.63, 3.8) is 0 Å². The molecule has 1 unspecified atom stereocenters. The number of amides is 1. The van der Waals surface area contributed by atoms with Gasteiger partial charge in [-0.2, -0.15) is 0 Å². The number of benzene rings is 1. The molecule has 1 atom stereocenters. The highest BCUT2D eigenvalue weighted by atomic mass is 19.1. The second kappa shape index (κ2) is 5.02. The summed E-state index contributed by atoms with van der Waals surface area (Å²) in [6.45, 7) is 3.19. The van der Waals surface area contributed by atoms with Gasteiger partial charge in [0.2, 0.25) is 5.91 Å². The Balaban J connectivity index is 2.16. The van der Waals surface area contributed by atoms with Gasteiger partial charge in [-0.3, -0.25) is 4.79 Å². The van der Waals surface area contributed by atoms with E-state index in [0.29, 0.717) is 13.0 Å². The van der Waals surface area contributed by atoms with E-state index in [1.807, 2.05) is 0 Å². The van der Waals surface area contributed by atoms with Gasteiger partial charge in [0.25, 0.3) is 0 Å². The lowest BCUT2D eigenvalue weighted by molar-refractivity contribution is -0.125. The summed E-state index contributed by atoms with van der Waals surface area (Å²) >= 11 is 0. The molecular formula is C13H16F2N2O. The topological polar surface area (TPSA) is 41.1 Å². The van der Waals surface area contributed by atoms with Gasteiger partial charge in [-0.05, 0) is 38.4 Å². The van der Waals surface area contributed by atoms with Crippen LogP contribution >= 0.6 is 0 Å². The fourth-order valence-electron chi connectivity index (χ4n) is 2.13. The van der Waals surface area contributed by atoms with Crippen LogP contribution in [0.4, 0.5) is 14.5 Å². The van der Waals surface area contributed by atoms with Crippen LogP contribution < -0.4 is 10.6 Å². The molecule has 5 heteroatoms. The minimum atomic E-state index is -0.754. The van der Waals surface area contributed by atoms with Crippen LogP contribution in [0.15, 0.2) is 18.2 Å². The lowest BCUT2D eigenvalue weighted by atomic mass is 9.82. The molecule has 1 fully saturated rings. The molecule has 1 heterocycles. The number of piperidine rings is 1. The maximum Gasteiger partial charge on any atom is 0.231 e. The molecule has 1 aliphatic rings. The third-order valence-corrected chi connectivity index (χ3v) is 3.35. The molecule has 18 heavy (non-hydrogen) atoms. The molecule has 1 saturated heterocycles. The third kappa shape index (κ3) is 2.51. The molecule has 1 amide bonds. The molecule has 1 aliphatic heterocycles. The summed E-state index contributed by atoms with van der Waals surface area (Å²) in [5, 5.41) is 5.48. The number of para-hydroxylation sites is 1. The Bertz CT molecular complexity index is 436. The molecule has 98 valence electrons. The zero-order valence-corrected chi connectivity index (χ0v) is 10.2. The van der Waals surface area contributed by atoms with Gasteiger partial charge >= 0.3 is 0 Å². The van der Waals surface area contributed by atoms with Crippen molar-refractivity contribution in [2.45, 2.75) is 19.8 Å². The van der Waals surface area contributed by atoms with Crippen molar-refractivity contribution in [2.75, 3.05) is 18.4 Å². The van der Waals surface area contributed by atoms with Gasteiger partial charge in [-0.15, -0.1) is 0 Å². The lowest BCUT2D eigenvalue weighted by Gasteiger charge is -2.32. The highest BCUT2D eigenvalue weighted by Gasteiger charge is 2.35. The minimum absolute atomic E-state index is 0.348. The van der Waals surface area contributed by atoms with Crippen LogP contribution in [-0.4, -0.2) is 19.0 Å². The Kier molecular flexibility index (Phi) is 3.61. The SMILES string of the molecule is CC1(C(=O)Nc2c(F)cccc2F)CCCNC1. The molecule has 0 aromatic heterocycles. The van der Waals surface area contributed by atoms with E-state index in [9.17, 15) is 13.6 Å². The summed E-state index contributed by atoms with van der Waals surface area (Å²) in [6.07, 6.45) is 1.59. The number of hydrogen-bond donors (Lipinski definition) is 2. The van der Waals surface area contributed by atoms with Crippen LogP contribution in [0, 0.1) is 17.0 Å². The molecule has 2 N–H and O–H groups in total. The van der Waals surface area contributed by atoms with E-state index < -0.39 is 17.0 Å². The fraction of sp³-hybridized carbons (Fsp3) is 0.462. The first kappa shape index (κ1) is 13.0. The quantitative estimate of drug-likeness (QED) is 0.850. The van der Waals surface area contributed by atoms with Crippen molar-refractivity contribution in [3.8, 4) is 0 Å². The van der Waals surface area contributed by atoms with E-state index in [4.69, 9.17) is 0 Å². The first-order chi connectivity index (χ1) is 8.53. The predicted molar refractivity (Wildman–Crippen MR) is 65.2 cm³/mol. The maximum atomic E-state index is 13.4. The van der Waals surface area contributed by atoms with E-state index in [1.165, 1.54) is 6.07 Å². The molecular weight excluding hydrogens is 238 g/mol. The van der Waals surface area contributed by atoms with Gasteiger partial charge in [0, 0.05) is 6.54 Å². The summed E-state index contributed by atoms with van der Waals surface area (Å²) in [5.41, 5.74) is -0.984. The zero-order chi connectivity index (χ0) is 13.2. The van der Waals surface area contributed by atoms with Gasteiger partial charge in [0.05, 0.1) is 5.41 Å². The second-order valence-electron chi connectivity index (χ2n) is 4.89. The molecule has 1 aromatic carbocycles. The van der Waals surface area contributed by atoms with Crippen LogP contribution in [-0.2, 0) is 4.79 Å². The average Bonchev–Trinajstić information content (AvgIpc) is 2.34. The van der Waals surface area contributed by atoms with Crippen molar-refractivity contribution in [2.24, 2.45) is 5.41 Å². The summed E-state index contributed by atoms with van der Waals surface area (Å²) in [4.78, 5) is 12.1. The first-order valence-electron chi connectivity index (χ1n) is 5.99. The van der Waals surface area contributed by atoms with Crippen molar-refractivity contribution in [1.29, 1.82) is 0 Å². The number of nitrogens with one attached hydrogen (secondary N) is 2. The van der Waals surface area contributed by atoms with Gasteiger partial charge in [0.15, 0.2) is 0 Å². The Morgan fingerprint density at radius 1 is 1.39 bits per heavy atom. The Morgan fingerprint density at radius 2 is 2.06 bits per heavy atom. The van der Waals surface area contributed by atoms with Crippen molar-refractivity contribution in [1.82, 2.24) is 5.32 Å². The van der Waals surface area contributed by atoms with Gasteiger partial charge in [-0.25, -0.2) is 8.78 Å². The smallest absolute Gasteiger partial charge is 0.231 e. The fourth-order valence-corrected chi connectivity index (χ4v) is 2.13. The third-order valence-electron chi connectivity index (χ3n) is 3.35.